The summed E-state index contributed by atoms with van der Waals surface area (Å²) in [5, 5.41) is 2.69. The van der Waals surface area contributed by atoms with Gasteiger partial charge in [0, 0.05) is 5.56 Å². The zero-order valence-corrected chi connectivity index (χ0v) is 21.7. The molecule has 1 saturated carbocycles. The fourth-order valence-corrected chi connectivity index (χ4v) is 3.65. The molecule has 0 bridgehead atoms. The van der Waals surface area contributed by atoms with Gasteiger partial charge in [0.2, 0.25) is 5.89 Å². The zero-order valence-electron chi connectivity index (χ0n) is 20.8. The molecule has 1 aliphatic rings. The predicted molar refractivity (Wildman–Crippen MR) is 135 cm³/mol. The Morgan fingerprint density at radius 2 is 1.97 bits per heavy atom. The number of oxazole rings is 1. The molecule has 1 aromatic heterocycles. The molecule has 206 valence electrons. The summed E-state index contributed by atoms with van der Waals surface area (Å²) in [5.74, 6) is -0.404. The number of nitrogens with zero attached hydrogens (tertiary/aromatic N) is 1. The third-order valence-electron chi connectivity index (χ3n) is 5.64. The number of para-hydroxylation sites is 1. The molecule has 1 amide bonds. The molecule has 1 fully saturated rings. The molecule has 3 aromatic rings. The van der Waals surface area contributed by atoms with Gasteiger partial charge in [0.1, 0.15) is 11.5 Å². The Morgan fingerprint density at radius 3 is 2.63 bits per heavy atom. The summed E-state index contributed by atoms with van der Waals surface area (Å²) in [7, 11) is 0. The summed E-state index contributed by atoms with van der Waals surface area (Å²) in [6.45, 7) is 0.904. The van der Waals surface area contributed by atoms with Crippen molar-refractivity contribution in [1.29, 1.82) is 0 Å². The minimum atomic E-state index is -3.00. The molecule has 0 spiro atoms. The van der Waals surface area contributed by atoms with Gasteiger partial charge in [0.25, 0.3) is 5.91 Å². The lowest BCUT2D eigenvalue weighted by molar-refractivity contribution is -0.0515. The number of rotatable bonds is 12. The van der Waals surface area contributed by atoms with Crippen LogP contribution >= 0.6 is 12.4 Å². The molecular weight excluding hydrogens is 527 g/mol. The van der Waals surface area contributed by atoms with Crippen LogP contribution in [0.15, 0.2) is 40.8 Å². The summed E-state index contributed by atoms with van der Waals surface area (Å²) in [4.78, 5) is 17.3. The highest BCUT2D eigenvalue weighted by molar-refractivity contribution is 5.97. The van der Waals surface area contributed by atoms with Crippen molar-refractivity contribution < 1.29 is 36.6 Å². The Labute approximate surface area is 224 Å². The molecule has 1 unspecified atom stereocenters. The van der Waals surface area contributed by atoms with Gasteiger partial charge in [-0.3, -0.25) is 4.79 Å². The fraction of sp³-hybridized carbons (Fsp3) is 0.385. The van der Waals surface area contributed by atoms with E-state index < -0.39 is 24.4 Å². The van der Waals surface area contributed by atoms with E-state index in [1.54, 1.807) is 13.8 Å². The lowest BCUT2D eigenvalue weighted by atomic mass is 10.1. The van der Waals surface area contributed by atoms with Gasteiger partial charge in [-0.05, 0) is 62.9 Å². The third-order valence-corrected chi connectivity index (χ3v) is 5.64. The molecule has 0 saturated heterocycles. The van der Waals surface area contributed by atoms with Gasteiger partial charge >= 0.3 is 6.61 Å². The van der Waals surface area contributed by atoms with Crippen molar-refractivity contribution in [3.8, 4) is 28.7 Å². The second-order valence-electron chi connectivity index (χ2n) is 8.65. The van der Waals surface area contributed by atoms with E-state index >= 15 is 0 Å². The number of carbonyl (C=O) groups is 1. The Balaban J connectivity index is 0.00000400. The fourth-order valence-electron chi connectivity index (χ4n) is 3.65. The second kappa shape index (κ2) is 12.9. The van der Waals surface area contributed by atoms with E-state index in [-0.39, 0.29) is 54.3 Å². The Kier molecular flexibility index (Phi) is 9.87. The Bertz CT molecular complexity index is 1250. The van der Waals surface area contributed by atoms with Gasteiger partial charge < -0.3 is 29.7 Å². The maximum atomic E-state index is 14.1. The number of ether oxygens (including phenoxy) is 3. The van der Waals surface area contributed by atoms with Crippen LogP contribution in [0.3, 0.4) is 0 Å². The topological polar surface area (TPSA) is 109 Å². The number of carbonyl (C=O) groups excluding carboxylic acids is 1. The Morgan fingerprint density at radius 1 is 1.21 bits per heavy atom. The van der Waals surface area contributed by atoms with Crippen LogP contribution in [0.5, 0.6) is 17.2 Å². The lowest BCUT2D eigenvalue weighted by Crippen LogP contribution is -2.25. The smallest absolute Gasteiger partial charge is 0.387 e. The van der Waals surface area contributed by atoms with Crippen molar-refractivity contribution in [3.63, 3.8) is 0 Å². The molecule has 3 N–H and O–H groups in total. The highest BCUT2D eigenvalue weighted by atomic mass is 35.5. The average molecular weight is 556 g/mol. The van der Waals surface area contributed by atoms with Crippen molar-refractivity contribution in [3.05, 3.63) is 59.2 Å². The van der Waals surface area contributed by atoms with Crippen LogP contribution in [0.4, 0.5) is 13.2 Å². The molecule has 0 aliphatic heterocycles. The predicted octanol–water partition coefficient (Wildman–Crippen LogP) is 5.64. The van der Waals surface area contributed by atoms with Crippen LogP contribution in [-0.4, -0.2) is 30.7 Å². The minimum Gasteiger partial charge on any atom is -0.490 e. The van der Waals surface area contributed by atoms with Gasteiger partial charge in [-0.2, -0.15) is 8.78 Å². The van der Waals surface area contributed by atoms with E-state index in [1.165, 1.54) is 36.4 Å². The SMILES string of the molecule is CCOc1c(F)cccc1C(=O)NCc1nc(-c2ccc(OC(F)F)c(OCC3CC3)c2)oc1C(C)N.Cl. The van der Waals surface area contributed by atoms with E-state index in [0.29, 0.717) is 29.5 Å². The highest BCUT2D eigenvalue weighted by Crippen LogP contribution is 2.37. The number of nitrogens with one attached hydrogen (secondary N) is 1. The van der Waals surface area contributed by atoms with Gasteiger partial charge in [-0.25, -0.2) is 9.37 Å². The lowest BCUT2D eigenvalue weighted by Gasteiger charge is -2.12. The first-order valence-corrected chi connectivity index (χ1v) is 11.9. The summed E-state index contributed by atoms with van der Waals surface area (Å²) >= 11 is 0. The van der Waals surface area contributed by atoms with E-state index in [4.69, 9.17) is 19.6 Å². The molecule has 12 heteroatoms. The number of amides is 1. The molecule has 0 radical (unpaired) electrons. The van der Waals surface area contributed by atoms with Gasteiger partial charge in [0.15, 0.2) is 23.1 Å². The molecule has 4 rings (SSSR count). The normalized spacial score (nSPS) is 13.6. The number of benzene rings is 2. The minimum absolute atomic E-state index is 0. The molecule has 2 aromatic carbocycles. The van der Waals surface area contributed by atoms with Crippen molar-refractivity contribution in [2.24, 2.45) is 11.7 Å². The first-order valence-electron chi connectivity index (χ1n) is 11.9. The van der Waals surface area contributed by atoms with Crippen molar-refractivity contribution in [1.82, 2.24) is 10.3 Å². The number of hydrogen-bond donors (Lipinski definition) is 2. The standard InChI is InChI=1S/C26H28F3N3O5.ClH/c1-3-34-23-17(5-4-6-18(23)27)24(33)31-12-19-22(14(2)30)37-25(32-19)16-9-10-20(36-26(28)29)21(11-16)35-13-15-7-8-15;/h4-6,9-11,14-15,26H,3,7-8,12-13,30H2,1-2H3,(H,31,33);1H. The molecule has 1 atom stereocenters. The molecular formula is C26H29ClF3N3O5. The van der Waals surface area contributed by atoms with Crippen molar-refractivity contribution >= 4 is 18.3 Å². The van der Waals surface area contributed by atoms with Crippen LogP contribution in [0.25, 0.3) is 11.5 Å². The first kappa shape index (κ1) is 29.1. The van der Waals surface area contributed by atoms with Crippen LogP contribution in [0.2, 0.25) is 0 Å². The quantitative estimate of drug-likeness (QED) is 0.297. The molecule has 38 heavy (non-hydrogen) atoms. The maximum Gasteiger partial charge on any atom is 0.387 e. The van der Waals surface area contributed by atoms with Crippen LogP contribution in [0, 0.1) is 11.7 Å². The largest absolute Gasteiger partial charge is 0.490 e. The average Bonchev–Trinajstić information content (AvgIpc) is 3.59. The highest BCUT2D eigenvalue weighted by Gasteiger charge is 2.25. The maximum absolute atomic E-state index is 14.1. The van der Waals surface area contributed by atoms with E-state index in [1.807, 2.05) is 0 Å². The first-order chi connectivity index (χ1) is 17.8. The van der Waals surface area contributed by atoms with E-state index in [9.17, 15) is 18.0 Å². The number of aromatic nitrogens is 1. The Hall–Kier alpha value is -3.44. The molecule has 1 aliphatic carbocycles. The second-order valence-corrected chi connectivity index (χ2v) is 8.65. The van der Waals surface area contributed by atoms with Crippen LogP contribution in [-0.2, 0) is 6.54 Å². The monoisotopic (exact) mass is 555 g/mol. The molecule has 1 heterocycles. The molecule has 8 nitrogen and oxygen atoms in total. The van der Waals surface area contributed by atoms with Crippen LogP contribution in [0.1, 0.15) is 54.5 Å². The number of halogens is 4. The third kappa shape index (κ3) is 7.11. The summed E-state index contributed by atoms with van der Waals surface area (Å²) in [6, 6.07) is 7.91. The van der Waals surface area contributed by atoms with E-state index in [0.717, 1.165) is 12.8 Å². The summed E-state index contributed by atoms with van der Waals surface area (Å²) < 4.78 is 61.3. The summed E-state index contributed by atoms with van der Waals surface area (Å²) in [6.07, 6.45) is 2.05. The van der Waals surface area contributed by atoms with Crippen molar-refractivity contribution in [2.75, 3.05) is 13.2 Å². The van der Waals surface area contributed by atoms with E-state index in [2.05, 4.69) is 15.0 Å². The number of nitrogens with two attached hydrogens (primary N) is 1. The zero-order chi connectivity index (χ0) is 26.5. The summed E-state index contributed by atoms with van der Waals surface area (Å²) in [5.41, 5.74) is 6.92. The number of hydrogen-bond acceptors (Lipinski definition) is 7. The van der Waals surface area contributed by atoms with Gasteiger partial charge in [-0.1, -0.05) is 6.07 Å². The van der Waals surface area contributed by atoms with Crippen LogP contribution < -0.4 is 25.3 Å². The number of alkyl halides is 2. The van der Waals surface area contributed by atoms with Gasteiger partial charge in [0.05, 0.1) is 31.4 Å². The van der Waals surface area contributed by atoms with Crippen molar-refractivity contribution in [2.45, 2.75) is 45.9 Å². The van der Waals surface area contributed by atoms with Gasteiger partial charge in [-0.15, -0.1) is 12.4 Å².